The minimum absolute atomic E-state index is 0.00256. The molecule has 12 nitrogen and oxygen atoms in total. The second-order valence-corrected chi connectivity index (χ2v) is 4.68. The van der Waals surface area contributed by atoms with Crippen LogP contribution in [0.5, 0.6) is 0 Å². The lowest BCUT2D eigenvalue weighted by atomic mass is 10.2. The lowest BCUT2D eigenvalue weighted by Crippen LogP contribution is -2.36. The molecule has 1 amide bonds. The van der Waals surface area contributed by atoms with Gasteiger partial charge in [-0.15, -0.1) is 0 Å². The van der Waals surface area contributed by atoms with Crippen molar-refractivity contribution in [2.45, 2.75) is 32.7 Å². The molecule has 0 bridgehead atoms. The number of carbonyl (C=O) groups is 2. The molecule has 0 atom stereocenters. The monoisotopic (exact) mass is 342 g/mol. The highest BCUT2D eigenvalue weighted by Gasteiger charge is 2.17. The van der Waals surface area contributed by atoms with Gasteiger partial charge in [0.25, 0.3) is 0 Å². The van der Waals surface area contributed by atoms with Crippen LogP contribution in [0.4, 0.5) is 5.82 Å². The predicted molar refractivity (Wildman–Crippen MR) is 80.0 cm³/mol. The van der Waals surface area contributed by atoms with E-state index in [1.165, 1.54) is 4.57 Å². The molecule has 0 unspecified atom stereocenters. The van der Waals surface area contributed by atoms with Crippen LogP contribution in [0.25, 0.3) is 0 Å². The fourth-order valence-corrected chi connectivity index (χ4v) is 1.82. The standard InChI is InChI=1S/C12H18N6O6/c1-8-14-7-10(18(22)23)17(8)5-6-24-11(20)4-2-3-9(19)15-12(13)16-21/h7,21H,2-6H2,1H3,(H3,13,15,16,19). The van der Waals surface area contributed by atoms with Gasteiger partial charge in [-0.1, -0.05) is 5.16 Å². The number of nitrogens with one attached hydrogen (secondary N) is 1. The molecule has 132 valence electrons. The molecule has 24 heavy (non-hydrogen) atoms. The molecule has 0 saturated carbocycles. The zero-order chi connectivity index (χ0) is 18.1. The average Bonchev–Trinajstić information content (AvgIpc) is 2.88. The Morgan fingerprint density at radius 3 is 2.88 bits per heavy atom. The number of aryl methyl sites for hydroxylation is 1. The second-order valence-electron chi connectivity index (χ2n) is 4.68. The van der Waals surface area contributed by atoms with Crippen molar-refractivity contribution >= 4 is 23.7 Å². The van der Waals surface area contributed by atoms with Crippen molar-refractivity contribution in [3.63, 3.8) is 0 Å². The first-order valence-corrected chi connectivity index (χ1v) is 6.94. The number of rotatable bonds is 8. The number of nitrogens with two attached hydrogens (primary N) is 1. The van der Waals surface area contributed by atoms with E-state index < -0.39 is 22.8 Å². The summed E-state index contributed by atoms with van der Waals surface area (Å²) in [5.74, 6) is -1.20. The number of guanidine groups is 1. The van der Waals surface area contributed by atoms with Crippen LogP contribution in [0.1, 0.15) is 25.1 Å². The summed E-state index contributed by atoms with van der Waals surface area (Å²) >= 11 is 0. The molecular weight excluding hydrogens is 324 g/mol. The van der Waals surface area contributed by atoms with Gasteiger partial charge >= 0.3 is 11.8 Å². The van der Waals surface area contributed by atoms with E-state index in [0.29, 0.717) is 5.82 Å². The molecule has 0 aliphatic carbocycles. The second kappa shape index (κ2) is 9.07. The molecule has 12 heteroatoms. The van der Waals surface area contributed by atoms with Crippen molar-refractivity contribution in [2.24, 2.45) is 10.9 Å². The fraction of sp³-hybridized carbons (Fsp3) is 0.500. The lowest BCUT2D eigenvalue weighted by molar-refractivity contribution is -0.392. The van der Waals surface area contributed by atoms with Crippen LogP contribution in [0.2, 0.25) is 0 Å². The normalized spacial score (nSPS) is 11.1. The highest BCUT2D eigenvalue weighted by atomic mass is 16.6. The Morgan fingerprint density at radius 2 is 2.25 bits per heavy atom. The Morgan fingerprint density at radius 1 is 1.54 bits per heavy atom. The first-order chi connectivity index (χ1) is 11.3. The van der Waals surface area contributed by atoms with Gasteiger partial charge in [-0.25, -0.2) is 9.55 Å². The third-order valence-electron chi connectivity index (χ3n) is 2.96. The SMILES string of the molecule is Cc1ncc([N+](=O)[O-])n1CCOC(=O)CCCC(=O)NC(N)=NO. The van der Waals surface area contributed by atoms with Crippen LogP contribution in [0.15, 0.2) is 11.4 Å². The van der Waals surface area contributed by atoms with Crippen molar-refractivity contribution in [1.82, 2.24) is 14.9 Å². The molecule has 1 rings (SSSR count). The Balaban J connectivity index is 2.29. The van der Waals surface area contributed by atoms with Gasteiger partial charge in [0.1, 0.15) is 19.3 Å². The zero-order valence-electron chi connectivity index (χ0n) is 13.0. The minimum atomic E-state index is -0.568. The van der Waals surface area contributed by atoms with E-state index in [-0.39, 0.29) is 38.2 Å². The first kappa shape index (κ1) is 18.9. The van der Waals surface area contributed by atoms with Crippen molar-refractivity contribution < 1.29 is 24.5 Å². The van der Waals surface area contributed by atoms with E-state index in [2.05, 4.69) is 15.5 Å². The number of esters is 1. The average molecular weight is 342 g/mol. The number of nitrogens with zero attached hydrogens (tertiary/aromatic N) is 4. The number of nitro groups is 1. The number of ether oxygens (including phenoxy) is 1. The molecule has 0 aromatic carbocycles. The Labute approximate surface area is 136 Å². The topological polar surface area (TPSA) is 175 Å². The van der Waals surface area contributed by atoms with Crippen molar-refractivity contribution in [2.75, 3.05) is 6.61 Å². The molecule has 0 spiro atoms. The number of hydrogen-bond donors (Lipinski definition) is 3. The lowest BCUT2D eigenvalue weighted by Gasteiger charge is -2.06. The number of hydrogen-bond acceptors (Lipinski definition) is 8. The van der Waals surface area contributed by atoms with Crippen LogP contribution < -0.4 is 11.1 Å². The highest BCUT2D eigenvalue weighted by Crippen LogP contribution is 2.13. The van der Waals surface area contributed by atoms with E-state index in [9.17, 15) is 19.7 Å². The number of aromatic nitrogens is 2. The third kappa shape index (κ3) is 5.90. The predicted octanol–water partition coefficient (Wildman–Crippen LogP) is -0.367. The maximum atomic E-state index is 11.5. The van der Waals surface area contributed by atoms with Crippen molar-refractivity contribution in [3.05, 3.63) is 22.1 Å². The maximum Gasteiger partial charge on any atom is 0.342 e. The summed E-state index contributed by atoms with van der Waals surface area (Å²) < 4.78 is 6.29. The van der Waals surface area contributed by atoms with Gasteiger partial charge in [-0.2, -0.15) is 0 Å². The number of amides is 1. The Kier molecular flexibility index (Phi) is 7.13. The Bertz CT molecular complexity index is 640. The van der Waals surface area contributed by atoms with Gasteiger partial charge in [0, 0.05) is 19.8 Å². The van der Waals surface area contributed by atoms with Gasteiger partial charge in [0.05, 0.1) is 0 Å². The van der Waals surface area contributed by atoms with E-state index in [0.717, 1.165) is 6.20 Å². The van der Waals surface area contributed by atoms with E-state index >= 15 is 0 Å². The molecule has 4 N–H and O–H groups in total. The van der Waals surface area contributed by atoms with E-state index in [1.807, 2.05) is 0 Å². The largest absolute Gasteiger partial charge is 0.461 e. The maximum absolute atomic E-state index is 11.5. The molecule has 0 saturated heterocycles. The van der Waals surface area contributed by atoms with Crippen LogP contribution in [-0.4, -0.2) is 44.1 Å². The highest BCUT2D eigenvalue weighted by molar-refractivity contribution is 5.95. The minimum Gasteiger partial charge on any atom is -0.461 e. The molecule has 0 fully saturated rings. The smallest absolute Gasteiger partial charge is 0.342 e. The van der Waals surface area contributed by atoms with Gasteiger partial charge in [0.2, 0.25) is 11.9 Å². The summed E-state index contributed by atoms with van der Waals surface area (Å²) in [6.07, 6.45) is 1.34. The van der Waals surface area contributed by atoms with Crippen LogP contribution in [-0.2, 0) is 20.9 Å². The van der Waals surface area contributed by atoms with E-state index in [4.69, 9.17) is 15.7 Å². The molecular formula is C12H18N6O6. The summed E-state index contributed by atoms with van der Waals surface area (Å²) in [4.78, 5) is 36.9. The molecule has 0 aliphatic heterocycles. The third-order valence-corrected chi connectivity index (χ3v) is 2.96. The molecule has 1 aromatic rings. The molecule has 1 aromatic heterocycles. The number of imidazole rings is 1. The molecule has 0 aliphatic rings. The van der Waals surface area contributed by atoms with Gasteiger partial charge < -0.3 is 25.8 Å². The summed E-state index contributed by atoms with van der Waals surface area (Å²) in [5.41, 5.74) is 5.08. The summed E-state index contributed by atoms with van der Waals surface area (Å²) in [7, 11) is 0. The van der Waals surface area contributed by atoms with Crippen molar-refractivity contribution in [3.8, 4) is 0 Å². The molecule has 0 radical (unpaired) electrons. The quantitative estimate of drug-likeness (QED) is 0.143. The summed E-state index contributed by atoms with van der Waals surface area (Å²) in [6.45, 7) is 1.67. The summed E-state index contributed by atoms with van der Waals surface area (Å²) in [6, 6.07) is 0. The van der Waals surface area contributed by atoms with Crippen LogP contribution >= 0.6 is 0 Å². The van der Waals surface area contributed by atoms with Crippen LogP contribution in [0.3, 0.4) is 0 Å². The van der Waals surface area contributed by atoms with Crippen molar-refractivity contribution in [1.29, 1.82) is 0 Å². The number of carbonyl (C=O) groups excluding carboxylic acids is 2. The van der Waals surface area contributed by atoms with Gasteiger partial charge in [-0.3, -0.25) is 14.9 Å². The van der Waals surface area contributed by atoms with Crippen LogP contribution in [0, 0.1) is 17.0 Å². The van der Waals surface area contributed by atoms with Gasteiger partial charge in [-0.05, 0) is 11.3 Å². The fourth-order valence-electron chi connectivity index (χ4n) is 1.82. The zero-order valence-corrected chi connectivity index (χ0v) is 13.0. The molecule has 1 heterocycles. The first-order valence-electron chi connectivity index (χ1n) is 6.94. The van der Waals surface area contributed by atoms with Gasteiger partial charge in [0.15, 0.2) is 5.82 Å². The summed E-state index contributed by atoms with van der Waals surface area (Å²) in [5, 5.41) is 23.8. The van der Waals surface area contributed by atoms with E-state index in [1.54, 1.807) is 6.92 Å². The number of oxime groups is 1. The Hall–Kier alpha value is -3.18.